The van der Waals surface area contributed by atoms with E-state index in [-0.39, 0.29) is 0 Å². The molecule has 0 unspecified atom stereocenters. The third-order valence-corrected chi connectivity index (χ3v) is 3.12. The van der Waals surface area contributed by atoms with E-state index >= 15 is 0 Å². The number of benzene rings is 1. The molecule has 0 atom stereocenters. The van der Waals surface area contributed by atoms with Crippen LogP contribution in [0.15, 0.2) is 42.6 Å². The first-order chi connectivity index (χ1) is 10.2. The van der Waals surface area contributed by atoms with Crippen molar-refractivity contribution in [2.24, 2.45) is 0 Å². The summed E-state index contributed by atoms with van der Waals surface area (Å²) in [5.74, 6) is 1.50. The molecule has 0 saturated carbocycles. The molecule has 1 aromatic carbocycles. The van der Waals surface area contributed by atoms with E-state index in [1.807, 2.05) is 56.4 Å². The first kappa shape index (κ1) is 13.4. The quantitative estimate of drug-likeness (QED) is 0.731. The van der Waals surface area contributed by atoms with Gasteiger partial charge in [0.1, 0.15) is 12.4 Å². The molecule has 2 aromatic heterocycles. The SMILES string of the molecule is Cc1cccc(OCCNc2nc3ccc(C)cn3n2)c1. The van der Waals surface area contributed by atoms with Crippen LogP contribution < -0.4 is 10.1 Å². The second-order valence-corrected chi connectivity index (χ2v) is 5.04. The Hall–Kier alpha value is -2.56. The molecule has 2 heterocycles. The van der Waals surface area contributed by atoms with Gasteiger partial charge in [-0.15, -0.1) is 5.10 Å². The summed E-state index contributed by atoms with van der Waals surface area (Å²) < 4.78 is 7.45. The highest BCUT2D eigenvalue weighted by Crippen LogP contribution is 2.12. The summed E-state index contributed by atoms with van der Waals surface area (Å²) in [7, 11) is 0. The van der Waals surface area contributed by atoms with Gasteiger partial charge in [0.05, 0.1) is 6.54 Å². The molecule has 0 amide bonds. The van der Waals surface area contributed by atoms with E-state index in [9.17, 15) is 0 Å². The molecule has 0 bridgehead atoms. The molecule has 3 rings (SSSR count). The predicted molar refractivity (Wildman–Crippen MR) is 82.9 cm³/mol. The number of anilines is 1. The van der Waals surface area contributed by atoms with Gasteiger partial charge >= 0.3 is 0 Å². The zero-order chi connectivity index (χ0) is 14.7. The lowest BCUT2D eigenvalue weighted by molar-refractivity contribution is 0.332. The van der Waals surface area contributed by atoms with E-state index in [1.54, 1.807) is 4.52 Å². The molecular formula is C16H18N4O. The molecule has 0 aliphatic carbocycles. The fourth-order valence-electron chi connectivity index (χ4n) is 2.10. The van der Waals surface area contributed by atoms with Gasteiger partial charge in [-0.05, 0) is 43.2 Å². The number of aromatic nitrogens is 3. The molecule has 3 aromatic rings. The Kier molecular flexibility index (Phi) is 3.73. The molecule has 5 nitrogen and oxygen atoms in total. The maximum Gasteiger partial charge on any atom is 0.243 e. The lowest BCUT2D eigenvalue weighted by Gasteiger charge is -2.06. The molecule has 0 aliphatic rings. The van der Waals surface area contributed by atoms with Crippen LogP contribution in [-0.2, 0) is 0 Å². The zero-order valence-corrected chi connectivity index (χ0v) is 12.2. The van der Waals surface area contributed by atoms with Crippen molar-refractivity contribution in [2.45, 2.75) is 13.8 Å². The normalized spacial score (nSPS) is 10.8. The Bertz CT molecular complexity index is 751. The summed E-state index contributed by atoms with van der Waals surface area (Å²) in [4.78, 5) is 4.40. The molecule has 1 N–H and O–H groups in total. The van der Waals surface area contributed by atoms with Crippen LogP contribution in [0.25, 0.3) is 5.65 Å². The third-order valence-electron chi connectivity index (χ3n) is 3.12. The Morgan fingerprint density at radius 2 is 2.05 bits per heavy atom. The molecule has 0 saturated heterocycles. The predicted octanol–water partition coefficient (Wildman–Crippen LogP) is 2.84. The van der Waals surface area contributed by atoms with E-state index in [1.165, 1.54) is 5.56 Å². The number of hydrogen-bond donors (Lipinski definition) is 1. The number of pyridine rings is 1. The first-order valence-electron chi connectivity index (χ1n) is 6.97. The van der Waals surface area contributed by atoms with Crippen LogP contribution in [0.5, 0.6) is 5.75 Å². The zero-order valence-electron chi connectivity index (χ0n) is 12.2. The number of fused-ring (bicyclic) bond motifs is 1. The second-order valence-electron chi connectivity index (χ2n) is 5.04. The van der Waals surface area contributed by atoms with Crippen LogP contribution in [-0.4, -0.2) is 27.7 Å². The van der Waals surface area contributed by atoms with Gasteiger partial charge in [-0.2, -0.15) is 4.98 Å². The molecule has 0 spiro atoms. The van der Waals surface area contributed by atoms with Gasteiger partial charge in [0, 0.05) is 6.20 Å². The molecular weight excluding hydrogens is 264 g/mol. The Labute approximate surface area is 123 Å². The van der Waals surface area contributed by atoms with Crippen LogP contribution in [0.3, 0.4) is 0 Å². The number of aryl methyl sites for hydroxylation is 2. The van der Waals surface area contributed by atoms with Gasteiger partial charge in [0.2, 0.25) is 5.95 Å². The van der Waals surface area contributed by atoms with E-state index in [0.717, 1.165) is 17.0 Å². The molecule has 5 heteroatoms. The van der Waals surface area contributed by atoms with Crippen molar-refractivity contribution < 1.29 is 4.74 Å². The topological polar surface area (TPSA) is 51.5 Å². The van der Waals surface area contributed by atoms with Gasteiger partial charge in [0.15, 0.2) is 5.65 Å². The summed E-state index contributed by atoms with van der Waals surface area (Å²) in [5, 5.41) is 7.54. The fraction of sp³-hybridized carbons (Fsp3) is 0.250. The number of rotatable bonds is 5. The lowest BCUT2D eigenvalue weighted by Crippen LogP contribution is -2.12. The van der Waals surface area contributed by atoms with Gasteiger partial charge in [-0.1, -0.05) is 18.2 Å². The van der Waals surface area contributed by atoms with E-state index in [0.29, 0.717) is 19.1 Å². The summed E-state index contributed by atoms with van der Waals surface area (Å²) in [6.07, 6.45) is 1.96. The van der Waals surface area contributed by atoms with Crippen molar-refractivity contribution in [2.75, 3.05) is 18.5 Å². The van der Waals surface area contributed by atoms with Crippen LogP contribution in [0.4, 0.5) is 5.95 Å². The average Bonchev–Trinajstić information content (AvgIpc) is 2.85. The minimum absolute atomic E-state index is 0.567. The van der Waals surface area contributed by atoms with Crippen LogP contribution in [0, 0.1) is 13.8 Å². The van der Waals surface area contributed by atoms with Crippen molar-refractivity contribution in [3.8, 4) is 5.75 Å². The summed E-state index contributed by atoms with van der Waals surface area (Å²) in [5.41, 5.74) is 3.18. The monoisotopic (exact) mass is 282 g/mol. The molecule has 21 heavy (non-hydrogen) atoms. The van der Waals surface area contributed by atoms with Crippen molar-refractivity contribution in [3.63, 3.8) is 0 Å². The fourth-order valence-corrected chi connectivity index (χ4v) is 2.10. The summed E-state index contributed by atoms with van der Waals surface area (Å²) in [6, 6.07) is 12.0. The standard InChI is InChI=1S/C16H18N4O/c1-12-4-3-5-14(10-12)21-9-8-17-16-18-15-7-6-13(2)11-20(15)19-16/h3-7,10-11H,8-9H2,1-2H3,(H,17,19). The van der Waals surface area contributed by atoms with Crippen LogP contribution in [0.1, 0.15) is 11.1 Å². The Morgan fingerprint density at radius 3 is 2.90 bits per heavy atom. The highest BCUT2D eigenvalue weighted by atomic mass is 16.5. The van der Waals surface area contributed by atoms with Gasteiger partial charge < -0.3 is 10.1 Å². The third kappa shape index (κ3) is 3.31. The van der Waals surface area contributed by atoms with E-state index < -0.39 is 0 Å². The van der Waals surface area contributed by atoms with E-state index in [4.69, 9.17) is 4.74 Å². The van der Waals surface area contributed by atoms with E-state index in [2.05, 4.69) is 15.4 Å². The highest BCUT2D eigenvalue weighted by Gasteiger charge is 2.02. The Morgan fingerprint density at radius 1 is 1.14 bits per heavy atom. The lowest BCUT2D eigenvalue weighted by atomic mass is 10.2. The second kappa shape index (κ2) is 5.83. The number of ether oxygens (including phenoxy) is 1. The number of nitrogens with one attached hydrogen (secondary N) is 1. The molecule has 0 radical (unpaired) electrons. The number of nitrogens with zero attached hydrogens (tertiary/aromatic N) is 3. The summed E-state index contributed by atoms with van der Waals surface area (Å²) in [6.45, 7) is 5.30. The maximum atomic E-state index is 5.68. The molecule has 0 fully saturated rings. The first-order valence-corrected chi connectivity index (χ1v) is 6.97. The molecule has 0 aliphatic heterocycles. The van der Waals surface area contributed by atoms with Crippen LogP contribution in [0.2, 0.25) is 0 Å². The van der Waals surface area contributed by atoms with Crippen LogP contribution >= 0.6 is 0 Å². The van der Waals surface area contributed by atoms with Gasteiger partial charge in [0.25, 0.3) is 0 Å². The minimum atomic E-state index is 0.567. The minimum Gasteiger partial charge on any atom is -0.492 e. The van der Waals surface area contributed by atoms with Crippen molar-refractivity contribution in [1.29, 1.82) is 0 Å². The van der Waals surface area contributed by atoms with Crippen molar-refractivity contribution >= 4 is 11.6 Å². The van der Waals surface area contributed by atoms with Gasteiger partial charge in [-0.25, -0.2) is 4.52 Å². The largest absolute Gasteiger partial charge is 0.492 e. The van der Waals surface area contributed by atoms with Gasteiger partial charge in [-0.3, -0.25) is 0 Å². The highest BCUT2D eigenvalue weighted by molar-refractivity contribution is 5.44. The average molecular weight is 282 g/mol. The molecule has 108 valence electrons. The number of hydrogen-bond acceptors (Lipinski definition) is 4. The Balaban J connectivity index is 1.54. The van der Waals surface area contributed by atoms with Crippen molar-refractivity contribution in [3.05, 3.63) is 53.7 Å². The van der Waals surface area contributed by atoms with Crippen molar-refractivity contribution in [1.82, 2.24) is 14.6 Å². The smallest absolute Gasteiger partial charge is 0.243 e. The summed E-state index contributed by atoms with van der Waals surface area (Å²) >= 11 is 0. The maximum absolute atomic E-state index is 5.68.